The van der Waals surface area contributed by atoms with Crippen LogP contribution in [0.3, 0.4) is 0 Å². The van der Waals surface area contributed by atoms with Crippen molar-refractivity contribution in [2.75, 3.05) is 0 Å². The molecule has 0 aromatic heterocycles. The van der Waals surface area contributed by atoms with Crippen molar-refractivity contribution in [3.63, 3.8) is 0 Å². The number of hydrogen-bond acceptors (Lipinski definition) is 2. The number of benzene rings is 1. The molecular weight excluding hydrogens is 262 g/mol. The van der Waals surface area contributed by atoms with E-state index in [4.69, 9.17) is 5.73 Å². The number of hydrogen-bond donors (Lipinski definition) is 1. The molecule has 0 atom stereocenters. The van der Waals surface area contributed by atoms with Gasteiger partial charge in [-0.05, 0) is 31.0 Å². The zero-order valence-corrected chi connectivity index (χ0v) is 13.3. The van der Waals surface area contributed by atoms with Crippen molar-refractivity contribution in [2.24, 2.45) is 5.73 Å². The highest BCUT2D eigenvalue weighted by Crippen LogP contribution is 2.16. The van der Waals surface area contributed by atoms with Gasteiger partial charge in [-0.2, -0.15) is 0 Å². The molecular formula is C18H27NO2. The minimum Gasteiger partial charge on any atom is -0.366 e. The zero-order chi connectivity index (χ0) is 15.7. The summed E-state index contributed by atoms with van der Waals surface area (Å²) in [4.78, 5) is 23.3. The van der Waals surface area contributed by atoms with Crippen molar-refractivity contribution in [3.8, 4) is 0 Å². The van der Waals surface area contributed by atoms with E-state index < -0.39 is 5.91 Å². The fourth-order valence-corrected chi connectivity index (χ4v) is 2.51. The summed E-state index contributed by atoms with van der Waals surface area (Å²) in [6.07, 6.45) is 9.02. The SMILES string of the molecule is CCCCCCCCCC(=O)c1ccc(C(N)=O)cc1C. The molecule has 0 unspecified atom stereocenters. The molecule has 0 radical (unpaired) electrons. The van der Waals surface area contributed by atoms with Crippen LogP contribution >= 0.6 is 0 Å². The van der Waals surface area contributed by atoms with Gasteiger partial charge in [-0.25, -0.2) is 0 Å². The van der Waals surface area contributed by atoms with Crippen LogP contribution in [-0.2, 0) is 0 Å². The Hall–Kier alpha value is -1.64. The van der Waals surface area contributed by atoms with Gasteiger partial charge in [-0.3, -0.25) is 9.59 Å². The molecule has 0 saturated heterocycles. The molecule has 0 fully saturated rings. The van der Waals surface area contributed by atoms with E-state index in [2.05, 4.69) is 6.92 Å². The van der Waals surface area contributed by atoms with Crippen molar-refractivity contribution in [1.82, 2.24) is 0 Å². The number of aryl methyl sites for hydroxylation is 1. The summed E-state index contributed by atoms with van der Waals surface area (Å²) in [5.41, 5.74) is 7.24. The van der Waals surface area contributed by atoms with Crippen LogP contribution in [0.5, 0.6) is 0 Å². The largest absolute Gasteiger partial charge is 0.366 e. The highest BCUT2D eigenvalue weighted by Gasteiger charge is 2.10. The molecule has 0 aliphatic rings. The zero-order valence-electron chi connectivity index (χ0n) is 13.3. The van der Waals surface area contributed by atoms with E-state index in [1.165, 1.54) is 32.1 Å². The van der Waals surface area contributed by atoms with Gasteiger partial charge in [0.25, 0.3) is 0 Å². The summed E-state index contributed by atoms with van der Waals surface area (Å²) in [5, 5.41) is 0. The Morgan fingerprint density at radius 1 is 1.00 bits per heavy atom. The minimum atomic E-state index is -0.454. The first-order valence-electron chi connectivity index (χ1n) is 8.00. The Kier molecular flexibility index (Phi) is 7.73. The maximum absolute atomic E-state index is 12.2. The van der Waals surface area contributed by atoms with Crippen LogP contribution in [0.15, 0.2) is 18.2 Å². The van der Waals surface area contributed by atoms with Gasteiger partial charge in [0.05, 0.1) is 0 Å². The molecule has 0 bridgehead atoms. The third kappa shape index (κ3) is 6.11. The fraction of sp³-hybridized carbons (Fsp3) is 0.556. The van der Waals surface area contributed by atoms with Gasteiger partial charge in [0.15, 0.2) is 5.78 Å². The van der Waals surface area contributed by atoms with E-state index >= 15 is 0 Å². The average molecular weight is 289 g/mol. The number of ketones is 1. The van der Waals surface area contributed by atoms with Crippen LogP contribution in [0.25, 0.3) is 0 Å². The maximum Gasteiger partial charge on any atom is 0.248 e. The molecule has 2 N–H and O–H groups in total. The first kappa shape index (κ1) is 17.4. The third-order valence-electron chi connectivity index (χ3n) is 3.82. The summed E-state index contributed by atoms with van der Waals surface area (Å²) < 4.78 is 0. The van der Waals surface area contributed by atoms with E-state index in [-0.39, 0.29) is 5.78 Å². The second-order valence-corrected chi connectivity index (χ2v) is 5.69. The Morgan fingerprint density at radius 3 is 2.19 bits per heavy atom. The third-order valence-corrected chi connectivity index (χ3v) is 3.82. The minimum absolute atomic E-state index is 0.164. The second kappa shape index (κ2) is 9.32. The van der Waals surface area contributed by atoms with Crippen molar-refractivity contribution in [3.05, 3.63) is 34.9 Å². The quantitative estimate of drug-likeness (QED) is 0.512. The van der Waals surface area contributed by atoms with Gasteiger partial charge in [0, 0.05) is 17.5 Å². The molecule has 116 valence electrons. The smallest absolute Gasteiger partial charge is 0.248 e. The lowest BCUT2D eigenvalue weighted by molar-refractivity contribution is 0.0973. The summed E-state index contributed by atoms with van der Waals surface area (Å²) in [6, 6.07) is 5.05. The van der Waals surface area contributed by atoms with Crippen molar-refractivity contribution >= 4 is 11.7 Å². The predicted molar refractivity (Wildman–Crippen MR) is 86.6 cm³/mol. The van der Waals surface area contributed by atoms with E-state index in [1.54, 1.807) is 18.2 Å². The number of nitrogens with two attached hydrogens (primary N) is 1. The Balaban J connectivity index is 2.37. The summed E-state index contributed by atoms with van der Waals surface area (Å²) >= 11 is 0. The van der Waals surface area contributed by atoms with Crippen molar-refractivity contribution in [2.45, 2.75) is 65.2 Å². The monoisotopic (exact) mass is 289 g/mol. The van der Waals surface area contributed by atoms with Crippen LogP contribution < -0.4 is 5.73 Å². The summed E-state index contributed by atoms with van der Waals surface area (Å²) in [7, 11) is 0. The molecule has 0 saturated carbocycles. The molecule has 3 nitrogen and oxygen atoms in total. The van der Waals surface area contributed by atoms with Gasteiger partial charge < -0.3 is 5.73 Å². The molecule has 1 aromatic rings. The fourth-order valence-electron chi connectivity index (χ4n) is 2.51. The van der Waals surface area contributed by atoms with Gasteiger partial charge >= 0.3 is 0 Å². The van der Waals surface area contributed by atoms with E-state index in [1.807, 2.05) is 6.92 Å². The first-order chi connectivity index (χ1) is 10.1. The molecule has 0 aliphatic carbocycles. The van der Waals surface area contributed by atoms with Crippen LogP contribution in [0.1, 0.15) is 84.6 Å². The van der Waals surface area contributed by atoms with Crippen LogP contribution in [0.2, 0.25) is 0 Å². The predicted octanol–water partition coefficient (Wildman–Crippen LogP) is 4.42. The molecule has 0 spiro atoms. The average Bonchev–Trinajstić information content (AvgIpc) is 2.45. The Morgan fingerprint density at radius 2 is 1.62 bits per heavy atom. The lowest BCUT2D eigenvalue weighted by Gasteiger charge is -2.06. The number of primary amides is 1. The lowest BCUT2D eigenvalue weighted by Crippen LogP contribution is -2.12. The molecule has 1 amide bonds. The van der Waals surface area contributed by atoms with Crippen LogP contribution in [0, 0.1) is 6.92 Å². The highest BCUT2D eigenvalue weighted by molar-refractivity contribution is 5.99. The number of carbonyl (C=O) groups excluding carboxylic acids is 2. The molecule has 1 rings (SSSR count). The Labute approximate surface area is 127 Å². The number of rotatable bonds is 10. The van der Waals surface area contributed by atoms with Gasteiger partial charge in [0.1, 0.15) is 0 Å². The standard InChI is InChI=1S/C18H27NO2/c1-3-4-5-6-7-8-9-10-17(20)16-12-11-15(18(19)21)13-14(16)2/h11-13H,3-10H2,1-2H3,(H2,19,21). The Bertz CT molecular complexity index is 480. The lowest BCUT2D eigenvalue weighted by atomic mass is 9.98. The molecule has 1 aromatic carbocycles. The molecule has 0 heterocycles. The molecule has 3 heteroatoms. The van der Waals surface area contributed by atoms with Crippen LogP contribution in [-0.4, -0.2) is 11.7 Å². The summed E-state index contributed by atoms with van der Waals surface area (Å²) in [5.74, 6) is -0.291. The highest BCUT2D eigenvalue weighted by atomic mass is 16.1. The van der Waals surface area contributed by atoms with Gasteiger partial charge in [-0.15, -0.1) is 0 Å². The number of carbonyl (C=O) groups is 2. The number of amides is 1. The van der Waals surface area contributed by atoms with E-state index in [0.717, 1.165) is 18.4 Å². The molecule has 21 heavy (non-hydrogen) atoms. The second-order valence-electron chi connectivity index (χ2n) is 5.69. The van der Waals surface area contributed by atoms with E-state index in [0.29, 0.717) is 17.5 Å². The van der Waals surface area contributed by atoms with Crippen molar-refractivity contribution < 1.29 is 9.59 Å². The maximum atomic E-state index is 12.2. The van der Waals surface area contributed by atoms with Gasteiger partial charge in [-0.1, -0.05) is 51.5 Å². The van der Waals surface area contributed by atoms with Crippen LogP contribution in [0.4, 0.5) is 0 Å². The van der Waals surface area contributed by atoms with E-state index in [9.17, 15) is 9.59 Å². The topological polar surface area (TPSA) is 60.2 Å². The molecule has 0 aliphatic heterocycles. The van der Waals surface area contributed by atoms with Crippen molar-refractivity contribution in [1.29, 1.82) is 0 Å². The number of unbranched alkanes of at least 4 members (excludes halogenated alkanes) is 6. The van der Waals surface area contributed by atoms with Gasteiger partial charge in [0.2, 0.25) is 5.91 Å². The number of Topliss-reactive ketones (excluding diaryl/α,β-unsaturated/α-hetero) is 1. The normalized spacial score (nSPS) is 10.6. The first-order valence-corrected chi connectivity index (χ1v) is 8.00. The summed E-state index contributed by atoms with van der Waals surface area (Å²) in [6.45, 7) is 4.06.